The summed E-state index contributed by atoms with van der Waals surface area (Å²) in [6.07, 6.45) is 27.6. The number of hydrogen-bond donors (Lipinski definition) is 2. The van der Waals surface area contributed by atoms with E-state index in [2.05, 4.69) is 13.8 Å². The second-order valence-electron chi connectivity index (χ2n) is 13.2. The number of carbonyl (C=O) groups is 2. The van der Waals surface area contributed by atoms with E-state index in [1.54, 1.807) is 23.5 Å². The number of carboxylic acids is 2. The lowest BCUT2D eigenvalue weighted by Crippen LogP contribution is -2.25. The van der Waals surface area contributed by atoms with E-state index in [4.69, 9.17) is 9.47 Å². The molecule has 0 spiro atoms. The Morgan fingerprint density at radius 3 is 1.04 bits per heavy atom. The van der Waals surface area contributed by atoms with Crippen molar-refractivity contribution in [1.82, 2.24) is 0 Å². The van der Waals surface area contributed by atoms with Gasteiger partial charge in [0.05, 0.1) is 25.0 Å². The maximum absolute atomic E-state index is 11.7. The van der Waals surface area contributed by atoms with Gasteiger partial charge in [-0.2, -0.15) is 23.5 Å². The second-order valence-corrected chi connectivity index (χ2v) is 15.9. The third kappa shape index (κ3) is 28.6. The number of hydrogen-bond acceptors (Lipinski definition) is 6. The Balaban J connectivity index is 4.04. The van der Waals surface area contributed by atoms with Crippen molar-refractivity contribution in [3.63, 3.8) is 0 Å². The highest BCUT2D eigenvalue weighted by atomic mass is 32.2. The highest BCUT2D eigenvalue weighted by Crippen LogP contribution is 2.26. The van der Waals surface area contributed by atoms with Crippen LogP contribution in [0.3, 0.4) is 0 Å². The van der Waals surface area contributed by atoms with E-state index in [0.717, 1.165) is 37.2 Å². The largest absolute Gasteiger partial charge is 0.481 e. The van der Waals surface area contributed by atoms with Crippen LogP contribution in [0, 0.1) is 11.8 Å². The molecule has 0 aliphatic rings. The molecule has 2 N–H and O–H groups in total. The molecule has 0 aliphatic carbocycles. The van der Waals surface area contributed by atoms with Crippen LogP contribution in [-0.2, 0) is 19.1 Å². The molecule has 4 unspecified atom stereocenters. The van der Waals surface area contributed by atoms with E-state index in [1.807, 2.05) is 13.8 Å². The Hall–Kier alpha value is -0.440. The van der Waals surface area contributed by atoms with Gasteiger partial charge in [-0.1, -0.05) is 143 Å². The molecule has 4 atom stereocenters. The number of unbranched alkanes of at least 4 members (excludes halogenated alkanes) is 18. The highest BCUT2D eigenvalue weighted by Gasteiger charge is 2.24. The summed E-state index contributed by atoms with van der Waals surface area (Å²) >= 11 is 3.58. The predicted molar refractivity (Wildman–Crippen MR) is 201 cm³/mol. The average Bonchev–Trinajstić information content (AvgIpc) is 3.04. The molecule has 0 heterocycles. The van der Waals surface area contributed by atoms with E-state index < -0.39 is 11.9 Å². The third-order valence-corrected chi connectivity index (χ3v) is 12.2. The molecule has 0 amide bonds. The first-order valence-electron chi connectivity index (χ1n) is 19.2. The fourth-order valence-corrected chi connectivity index (χ4v) is 8.33. The van der Waals surface area contributed by atoms with Crippen molar-refractivity contribution in [2.45, 2.75) is 179 Å². The predicted octanol–water partition coefficient (Wildman–Crippen LogP) is 11.3. The standard InChI is InChI=1S/C38H74O6S2/c1-5-7-9-11-13-15-17-19-21-23-31-45-35(33(3)37(39)40)25-27-43-29-30-44-28-26-36(34(4)38(41)42)46-32-24-22-20-18-16-14-12-10-8-6-2/h33-36H,5-32H2,1-4H3,(H,39,40)(H,41,42). The van der Waals surface area contributed by atoms with Crippen LogP contribution in [-0.4, -0.2) is 70.6 Å². The minimum absolute atomic E-state index is 0.0582. The smallest absolute Gasteiger partial charge is 0.307 e. The Kier molecular flexibility index (Phi) is 34.1. The topological polar surface area (TPSA) is 93.1 Å². The third-order valence-electron chi connectivity index (χ3n) is 9.02. The lowest BCUT2D eigenvalue weighted by atomic mass is 10.1. The maximum Gasteiger partial charge on any atom is 0.307 e. The SMILES string of the molecule is CCCCCCCCCCCCSC(CCOCCOCCC(SCCCCCCCCCCCC)C(C)C(=O)O)C(C)C(=O)O. The van der Waals surface area contributed by atoms with Crippen LogP contribution < -0.4 is 0 Å². The first kappa shape index (κ1) is 45.6. The molecule has 46 heavy (non-hydrogen) atoms. The number of thioether (sulfide) groups is 2. The van der Waals surface area contributed by atoms with E-state index >= 15 is 0 Å². The number of carboxylic acid groups (broad SMARTS) is 2. The Bertz CT molecular complexity index is 624. The molecule has 0 radical (unpaired) electrons. The van der Waals surface area contributed by atoms with Crippen LogP contribution in [0.2, 0.25) is 0 Å². The van der Waals surface area contributed by atoms with Crippen LogP contribution in [0.4, 0.5) is 0 Å². The van der Waals surface area contributed by atoms with Gasteiger partial charge in [-0.25, -0.2) is 0 Å². The van der Waals surface area contributed by atoms with E-state index in [9.17, 15) is 19.8 Å². The fraction of sp³-hybridized carbons (Fsp3) is 0.947. The van der Waals surface area contributed by atoms with Gasteiger partial charge in [-0.15, -0.1) is 0 Å². The molecule has 0 saturated carbocycles. The molecular formula is C38H74O6S2. The van der Waals surface area contributed by atoms with Gasteiger partial charge >= 0.3 is 11.9 Å². The summed E-state index contributed by atoms with van der Waals surface area (Å²) in [5.74, 6) is -0.234. The van der Waals surface area contributed by atoms with Crippen molar-refractivity contribution < 1.29 is 29.3 Å². The Morgan fingerprint density at radius 1 is 0.478 bits per heavy atom. The van der Waals surface area contributed by atoms with Gasteiger partial charge in [0.1, 0.15) is 0 Å². The van der Waals surface area contributed by atoms with Crippen molar-refractivity contribution in [3.05, 3.63) is 0 Å². The van der Waals surface area contributed by atoms with Gasteiger partial charge in [-0.3, -0.25) is 9.59 Å². The number of aliphatic carboxylic acids is 2. The molecular weight excluding hydrogens is 617 g/mol. The van der Waals surface area contributed by atoms with Crippen LogP contribution in [0.1, 0.15) is 169 Å². The van der Waals surface area contributed by atoms with Crippen molar-refractivity contribution in [3.8, 4) is 0 Å². The van der Waals surface area contributed by atoms with Crippen LogP contribution in [0.5, 0.6) is 0 Å². The number of ether oxygens (including phenoxy) is 2. The molecule has 0 aromatic heterocycles. The van der Waals surface area contributed by atoms with Gasteiger partial charge in [0.25, 0.3) is 0 Å². The summed E-state index contributed by atoms with van der Waals surface area (Å²) in [6, 6.07) is 0. The summed E-state index contributed by atoms with van der Waals surface area (Å²) in [7, 11) is 0. The first-order chi connectivity index (χ1) is 22.3. The molecule has 0 rings (SSSR count). The zero-order valence-electron chi connectivity index (χ0n) is 30.5. The van der Waals surface area contributed by atoms with Gasteiger partial charge in [0, 0.05) is 23.7 Å². The van der Waals surface area contributed by atoms with E-state index in [0.29, 0.717) is 26.4 Å². The Morgan fingerprint density at radius 2 is 0.761 bits per heavy atom. The summed E-state index contributed by atoms with van der Waals surface area (Å²) in [5.41, 5.74) is 0. The van der Waals surface area contributed by atoms with Crippen LogP contribution >= 0.6 is 23.5 Å². The summed E-state index contributed by atoms with van der Waals surface area (Å²) < 4.78 is 11.6. The molecule has 0 bridgehead atoms. The van der Waals surface area contributed by atoms with E-state index in [1.165, 1.54) is 116 Å². The minimum Gasteiger partial charge on any atom is -0.481 e. The molecule has 0 aromatic carbocycles. The van der Waals surface area contributed by atoms with Crippen molar-refractivity contribution in [2.75, 3.05) is 37.9 Å². The summed E-state index contributed by atoms with van der Waals surface area (Å²) in [4.78, 5) is 23.3. The molecule has 0 aromatic rings. The van der Waals surface area contributed by atoms with Crippen LogP contribution in [0.15, 0.2) is 0 Å². The van der Waals surface area contributed by atoms with Crippen LogP contribution in [0.25, 0.3) is 0 Å². The summed E-state index contributed by atoms with van der Waals surface area (Å²) in [6.45, 7) is 10.1. The lowest BCUT2D eigenvalue weighted by molar-refractivity contribution is -0.142. The van der Waals surface area contributed by atoms with Crippen molar-refractivity contribution in [2.24, 2.45) is 11.8 Å². The molecule has 0 saturated heterocycles. The monoisotopic (exact) mass is 690 g/mol. The zero-order valence-corrected chi connectivity index (χ0v) is 32.1. The first-order valence-corrected chi connectivity index (χ1v) is 21.3. The molecule has 0 fully saturated rings. The van der Waals surface area contributed by atoms with Crippen molar-refractivity contribution >= 4 is 35.5 Å². The maximum atomic E-state index is 11.7. The van der Waals surface area contributed by atoms with Gasteiger partial charge in [0.15, 0.2) is 0 Å². The fourth-order valence-electron chi connectivity index (χ4n) is 5.64. The van der Waals surface area contributed by atoms with Gasteiger partial charge < -0.3 is 19.7 Å². The molecule has 8 heteroatoms. The van der Waals surface area contributed by atoms with Gasteiger partial charge in [0.2, 0.25) is 0 Å². The lowest BCUT2D eigenvalue weighted by Gasteiger charge is -2.21. The second kappa shape index (κ2) is 34.4. The zero-order chi connectivity index (χ0) is 34.1. The quantitative estimate of drug-likeness (QED) is 0.0622. The Labute approximate surface area is 293 Å². The van der Waals surface area contributed by atoms with Gasteiger partial charge in [-0.05, 0) is 37.2 Å². The molecule has 0 aliphatic heterocycles. The minimum atomic E-state index is -0.736. The normalized spacial score (nSPS) is 14.3. The highest BCUT2D eigenvalue weighted by molar-refractivity contribution is 8.00. The molecule has 274 valence electrons. The van der Waals surface area contributed by atoms with Crippen molar-refractivity contribution in [1.29, 1.82) is 0 Å². The average molecular weight is 691 g/mol. The van der Waals surface area contributed by atoms with E-state index in [-0.39, 0.29) is 22.3 Å². The molecule has 6 nitrogen and oxygen atoms in total. The summed E-state index contributed by atoms with van der Waals surface area (Å²) in [5, 5.41) is 19.3. The number of rotatable bonds is 37.